The quantitative estimate of drug-likeness (QED) is 0.131. The van der Waals surface area contributed by atoms with Crippen LogP contribution in [0.3, 0.4) is 0 Å². The maximum Gasteiger partial charge on any atom is 2.00 e. The number of benzene rings is 7. The van der Waals surface area contributed by atoms with E-state index < -0.39 is 0 Å². The molecular weight excluding hydrogens is 832 g/mol. The third kappa shape index (κ3) is 4.67. The fourth-order valence-electron chi connectivity index (χ4n) is 8.49. The van der Waals surface area contributed by atoms with Gasteiger partial charge in [0.15, 0.2) is 0 Å². The van der Waals surface area contributed by atoms with Crippen molar-refractivity contribution in [2.45, 2.75) is 20.8 Å². The molecule has 0 saturated carbocycles. The van der Waals surface area contributed by atoms with Gasteiger partial charge < -0.3 is 13.5 Å². The molecule has 6 heteroatoms. The summed E-state index contributed by atoms with van der Waals surface area (Å²) in [5.41, 5.74) is 14.3. The van der Waals surface area contributed by atoms with Gasteiger partial charge >= 0.3 is 21.1 Å². The van der Waals surface area contributed by atoms with E-state index >= 15 is 0 Å². The van der Waals surface area contributed by atoms with E-state index in [-0.39, 0.29) is 21.1 Å². The molecule has 0 radical (unpaired) electrons. The molecule has 0 aliphatic heterocycles. The first-order valence-corrected chi connectivity index (χ1v) is 17.6. The van der Waals surface area contributed by atoms with Gasteiger partial charge in [-0.05, 0) is 90.2 Å². The fourth-order valence-corrected chi connectivity index (χ4v) is 8.49. The van der Waals surface area contributed by atoms with Gasteiger partial charge in [-0.3, -0.25) is 9.97 Å². The number of hydrogen-bond acceptors (Lipinski definition) is 3. The summed E-state index contributed by atoms with van der Waals surface area (Å²) in [6.07, 6.45) is 0. The molecule has 0 aliphatic rings. The molecule has 0 saturated heterocycles. The van der Waals surface area contributed by atoms with Crippen molar-refractivity contribution in [2.75, 3.05) is 0 Å². The Balaban J connectivity index is 0.00000349. The van der Waals surface area contributed by atoms with Crippen LogP contribution < -0.4 is 4.74 Å². The normalized spacial score (nSPS) is 11.9. The Bertz CT molecular complexity index is 3300. The minimum Gasteiger partial charge on any atom is -0.497 e. The molecule has 0 atom stereocenters. The van der Waals surface area contributed by atoms with E-state index in [2.05, 4.69) is 145 Å². The van der Waals surface area contributed by atoms with Crippen molar-refractivity contribution in [3.8, 4) is 22.6 Å². The number of nitrogens with zero attached hydrogens (tertiary/aromatic N) is 4. The van der Waals surface area contributed by atoms with E-state index in [9.17, 15) is 0 Å². The van der Waals surface area contributed by atoms with Gasteiger partial charge in [-0.25, -0.2) is 0 Å². The Labute approximate surface area is 319 Å². The molecule has 254 valence electrons. The average Bonchev–Trinajstić information content (AvgIpc) is 3.75. The van der Waals surface area contributed by atoms with Crippen LogP contribution in [0.15, 0.2) is 127 Å². The minimum atomic E-state index is 0. The molecule has 4 heterocycles. The van der Waals surface area contributed by atoms with Crippen molar-refractivity contribution < 1.29 is 25.8 Å². The van der Waals surface area contributed by atoms with Crippen LogP contribution in [-0.4, -0.2) is 18.8 Å². The zero-order valence-electron chi connectivity index (χ0n) is 29.1. The number of aryl methyl sites for hydroxylation is 3. The molecule has 0 amide bonds. The molecule has 11 aromatic rings. The van der Waals surface area contributed by atoms with Crippen LogP contribution in [0.4, 0.5) is 0 Å². The van der Waals surface area contributed by atoms with Crippen LogP contribution in [-0.2, 0) is 21.1 Å². The van der Waals surface area contributed by atoms with Gasteiger partial charge in [-0.2, -0.15) is 0 Å². The molecule has 5 nitrogen and oxygen atoms in total. The van der Waals surface area contributed by atoms with Gasteiger partial charge in [0.1, 0.15) is 0 Å². The molecule has 7 aromatic carbocycles. The van der Waals surface area contributed by atoms with Crippen molar-refractivity contribution >= 4 is 76.7 Å². The summed E-state index contributed by atoms with van der Waals surface area (Å²) >= 11 is 0. The molecule has 0 fully saturated rings. The number of imidazole rings is 2. The number of para-hydroxylation sites is 5. The number of pyridine rings is 2. The van der Waals surface area contributed by atoms with Crippen molar-refractivity contribution in [3.05, 3.63) is 156 Å². The predicted molar refractivity (Wildman–Crippen MR) is 213 cm³/mol. The number of hydrogen-bond donors (Lipinski definition) is 0. The van der Waals surface area contributed by atoms with Crippen LogP contribution >= 0.6 is 0 Å². The van der Waals surface area contributed by atoms with Crippen LogP contribution in [0.1, 0.15) is 16.7 Å². The summed E-state index contributed by atoms with van der Waals surface area (Å²) < 4.78 is 11.1. The second-order valence-corrected chi connectivity index (χ2v) is 13.9. The Kier molecular flexibility index (Phi) is 7.02. The fraction of sp³-hybridized carbons (Fsp3) is 0.0638. The van der Waals surface area contributed by atoms with Crippen LogP contribution in [0.2, 0.25) is 0 Å². The summed E-state index contributed by atoms with van der Waals surface area (Å²) in [7, 11) is 0. The van der Waals surface area contributed by atoms with E-state index in [1.807, 2.05) is 24.3 Å². The first-order chi connectivity index (χ1) is 25.5. The smallest absolute Gasteiger partial charge is 0.497 e. The molecule has 0 aliphatic carbocycles. The Hall–Kier alpha value is -6.03. The molecule has 0 N–H and O–H groups in total. The van der Waals surface area contributed by atoms with Gasteiger partial charge in [-0.1, -0.05) is 118 Å². The molecule has 53 heavy (non-hydrogen) atoms. The van der Waals surface area contributed by atoms with Gasteiger partial charge in [-0.15, -0.1) is 12.1 Å². The second kappa shape index (κ2) is 11.7. The zero-order valence-corrected chi connectivity index (χ0v) is 31.4. The van der Waals surface area contributed by atoms with E-state index in [0.717, 1.165) is 76.7 Å². The number of fused-ring (bicyclic) bond motifs is 16. The van der Waals surface area contributed by atoms with Gasteiger partial charge in [0.05, 0.1) is 33.4 Å². The predicted octanol–water partition coefficient (Wildman–Crippen LogP) is 11.9. The largest absolute Gasteiger partial charge is 2.00 e. The molecule has 0 unspecified atom stereocenters. The van der Waals surface area contributed by atoms with Crippen molar-refractivity contribution in [3.63, 3.8) is 0 Å². The Morgan fingerprint density at radius 3 is 1.58 bits per heavy atom. The third-order valence-corrected chi connectivity index (χ3v) is 10.6. The van der Waals surface area contributed by atoms with Crippen LogP contribution in [0.25, 0.3) is 87.8 Å². The second-order valence-electron chi connectivity index (χ2n) is 13.9. The Morgan fingerprint density at radius 1 is 0.491 bits per heavy atom. The third-order valence-electron chi connectivity index (χ3n) is 10.6. The number of aromatic nitrogens is 4. The molecule has 0 bridgehead atoms. The number of ether oxygens (including phenoxy) is 1. The summed E-state index contributed by atoms with van der Waals surface area (Å²) in [6, 6.07) is 51.9. The average molecular weight is 862 g/mol. The van der Waals surface area contributed by atoms with Crippen LogP contribution in [0, 0.1) is 32.9 Å². The van der Waals surface area contributed by atoms with Gasteiger partial charge in [0, 0.05) is 22.5 Å². The monoisotopic (exact) mass is 861 g/mol. The van der Waals surface area contributed by atoms with E-state index in [0.29, 0.717) is 11.5 Å². The van der Waals surface area contributed by atoms with Crippen LogP contribution in [0.5, 0.6) is 11.5 Å². The first-order valence-electron chi connectivity index (χ1n) is 17.6. The topological polar surface area (TPSA) is 43.8 Å². The molecule has 11 rings (SSSR count). The number of rotatable bonds is 3. The SMILES string of the molecule is Cc1cc(C)c(-c2ccc3c4ccc(Oc5[c-]c6c(cc5)c5ccccc5n5c7ccccc7nc65)[c-]c4c4nc5ccccc5n4c3c2)c(C)c1.[Pt+2]. The first kappa shape index (κ1) is 31.7. The zero-order chi connectivity index (χ0) is 34.7. The Morgan fingerprint density at radius 2 is 0.981 bits per heavy atom. The standard InChI is InChI=1S/C47H30N4O.Pt/c1-27-22-28(2)45(29(3)23-27)30-16-19-36-34-21-18-32(26-38(34)47-49-40-12-6-9-15-43(40)51(47)44(36)24-30)52-31-17-20-33-35-10-4-7-13-41(35)50-42-14-8-5-11-39(42)48-46(50)37(33)25-31;/h4-24H,1-3H3;/q-2;+2. The summed E-state index contributed by atoms with van der Waals surface area (Å²) in [5, 5.41) is 6.26. The van der Waals surface area contributed by atoms with Crippen molar-refractivity contribution in [1.29, 1.82) is 0 Å². The van der Waals surface area contributed by atoms with E-state index in [4.69, 9.17) is 14.7 Å². The van der Waals surface area contributed by atoms with E-state index in [1.54, 1.807) is 0 Å². The maximum absolute atomic E-state index is 6.59. The van der Waals surface area contributed by atoms with E-state index in [1.165, 1.54) is 27.8 Å². The molecular formula is C47H30N4OPt. The van der Waals surface area contributed by atoms with Gasteiger partial charge in [0.25, 0.3) is 0 Å². The van der Waals surface area contributed by atoms with Crippen molar-refractivity contribution in [1.82, 2.24) is 18.8 Å². The van der Waals surface area contributed by atoms with Gasteiger partial charge in [0.2, 0.25) is 0 Å². The molecule has 0 spiro atoms. The van der Waals surface area contributed by atoms with Crippen molar-refractivity contribution in [2.24, 2.45) is 0 Å². The summed E-state index contributed by atoms with van der Waals surface area (Å²) in [5.74, 6) is 1.20. The summed E-state index contributed by atoms with van der Waals surface area (Å²) in [4.78, 5) is 10.2. The maximum atomic E-state index is 6.59. The molecule has 4 aromatic heterocycles. The minimum absolute atomic E-state index is 0. The summed E-state index contributed by atoms with van der Waals surface area (Å²) in [6.45, 7) is 6.56.